The Morgan fingerprint density at radius 1 is 0.827 bits per heavy atom. The zero-order valence-electron chi connectivity index (χ0n) is 29.0. The third-order valence-electron chi connectivity index (χ3n) is 9.11. The van der Waals surface area contributed by atoms with Crippen LogP contribution in [0.3, 0.4) is 0 Å². The minimum Gasteiger partial charge on any atom is -0.405 e. The molecular formula is C40H36F3N5O3Si. The molecule has 0 N–H and O–H groups in total. The van der Waals surface area contributed by atoms with Gasteiger partial charge in [-0.1, -0.05) is 99.6 Å². The number of benzene rings is 4. The topological polar surface area (TPSA) is 75.4 Å². The van der Waals surface area contributed by atoms with Crippen LogP contribution in [-0.4, -0.2) is 33.8 Å². The van der Waals surface area contributed by atoms with E-state index in [1.807, 2.05) is 60.7 Å². The molecule has 2 heterocycles. The van der Waals surface area contributed by atoms with Crippen molar-refractivity contribution in [2.45, 2.75) is 45.0 Å². The van der Waals surface area contributed by atoms with Crippen LogP contribution in [0.15, 0.2) is 137 Å². The second-order valence-electron chi connectivity index (χ2n) is 13.5. The number of alkyl halides is 3. The highest BCUT2D eigenvalue weighted by Gasteiger charge is 2.50. The Labute approximate surface area is 300 Å². The second-order valence-corrected chi connectivity index (χ2v) is 17.8. The Hall–Kier alpha value is -5.77. The largest absolute Gasteiger partial charge is 0.416 e. The molecule has 6 aromatic rings. The summed E-state index contributed by atoms with van der Waals surface area (Å²) in [6.07, 6.45) is -1.92. The molecule has 0 aliphatic heterocycles. The van der Waals surface area contributed by atoms with Crippen LogP contribution in [0.25, 0.3) is 27.5 Å². The Bertz CT molecular complexity index is 2320. The third-order valence-corrected chi connectivity index (χ3v) is 14.1. The Morgan fingerprint density at radius 3 is 2.00 bits per heavy atom. The monoisotopic (exact) mass is 719 g/mol. The predicted molar refractivity (Wildman–Crippen MR) is 198 cm³/mol. The lowest BCUT2D eigenvalue weighted by Crippen LogP contribution is -2.67. The summed E-state index contributed by atoms with van der Waals surface area (Å²) in [5, 5.41) is 6.03. The summed E-state index contributed by atoms with van der Waals surface area (Å²) in [6.45, 7) is 15.3. The van der Waals surface area contributed by atoms with Crippen LogP contribution in [0.2, 0.25) is 5.04 Å². The molecule has 0 fully saturated rings. The van der Waals surface area contributed by atoms with E-state index in [0.29, 0.717) is 17.1 Å². The van der Waals surface area contributed by atoms with E-state index in [2.05, 4.69) is 30.7 Å². The van der Waals surface area contributed by atoms with Gasteiger partial charge in [-0.2, -0.15) is 18.3 Å². The van der Waals surface area contributed by atoms with Crippen molar-refractivity contribution in [3.05, 3.63) is 165 Å². The van der Waals surface area contributed by atoms with E-state index in [-0.39, 0.29) is 17.9 Å². The van der Waals surface area contributed by atoms with Crippen molar-refractivity contribution in [2.75, 3.05) is 6.61 Å². The lowest BCUT2D eigenvalue weighted by molar-refractivity contribution is -0.137. The van der Waals surface area contributed by atoms with Crippen molar-refractivity contribution < 1.29 is 17.6 Å². The molecule has 0 aliphatic carbocycles. The van der Waals surface area contributed by atoms with Crippen molar-refractivity contribution in [1.82, 2.24) is 18.9 Å². The molecule has 8 nitrogen and oxygen atoms in total. The van der Waals surface area contributed by atoms with Crippen LogP contribution in [0.5, 0.6) is 0 Å². The first kappa shape index (κ1) is 36.0. The molecule has 4 aromatic carbocycles. The molecule has 1 atom stereocenters. The maximum atomic E-state index is 14.5. The van der Waals surface area contributed by atoms with Gasteiger partial charge in [-0.15, -0.1) is 0 Å². The molecule has 0 saturated carbocycles. The van der Waals surface area contributed by atoms with Gasteiger partial charge in [0.05, 0.1) is 53.6 Å². The summed E-state index contributed by atoms with van der Waals surface area (Å²) >= 11 is 0. The Morgan fingerprint density at radius 2 is 1.44 bits per heavy atom. The molecule has 0 spiro atoms. The fourth-order valence-corrected chi connectivity index (χ4v) is 11.3. The molecule has 6 rings (SSSR count). The van der Waals surface area contributed by atoms with Crippen molar-refractivity contribution in [3.8, 4) is 22.6 Å². The highest BCUT2D eigenvalue weighted by molar-refractivity contribution is 6.99. The van der Waals surface area contributed by atoms with Crippen LogP contribution in [0.4, 0.5) is 18.9 Å². The summed E-state index contributed by atoms with van der Waals surface area (Å²) in [5.74, 6) is 0. The smallest absolute Gasteiger partial charge is 0.405 e. The van der Waals surface area contributed by atoms with E-state index < -0.39 is 42.4 Å². The van der Waals surface area contributed by atoms with E-state index in [0.717, 1.165) is 31.6 Å². The Kier molecular flexibility index (Phi) is 9.77. The normalized spacial score (nSPS) is 12.7. The minimum atomic E-state index is -4.66. The molecule has 0 unspecified atom stereocenters. The minimum absolute atomic E-state index is 0.0288. The van der Waals surface area contributed by atoms with Gasteiger partial charge in [0.1, 0.15) is 0 Å². The molecule has 0 bridgehead atoms. The second kappa shape index (κ2) is 14.1. The number of nitrogens with zero attached hydrogens (tertiary/aromatic N) is 5. The van der Waals surface area contributed by atoms with E-state index in [4.69, 9.17) is 11.0 Å². The van der Waals surface area contributed by atoms with Crippen LogP contribution in [0.1, 0.15) is 39.3 Å². The zero-order valence-corrected chi connectivity index (χ0v) is 30.0. The SMILES string of the molecule is [C-]#[N+]c1ccc(-n2nccc2-c2cn(-c3cccc(C(F)(F)F)c3)c(=O)n([C@H](C)CO[Si](c3ccccc3)(c3ccccc3)C(C)(C)C)c2=O)cc1. The summed E-state index contributed by atoms with van der Waals surface area (Å²) in [5.41, 5.74) is -1.21. The average Bonchev–Trinajstić information content (AvgIpc) is 3.62. The predicted octanol–water partition coefficient (Wildman–Crippen LogP) is 7.56. The van der Waals surface area contributed by atoms with Gasteiger partial charge in [0.25, 0.3) is 13.9 Å². The number of rotatable bonds is 9. The number of hydrogen-bond acceptors (Lipinski definition) is 4. The fraction of sp³-hybridized carbons (Fsp3) is 0.200. The molecular weight excluding hydrogens is 684 g/mol. The molecule has 0 aliphatic rings. The van der Waals surface area contributed by atoms with Crippen molar-refractivity contribution in [3.63, 3.8) is 0 Å². The van der Waals surface area contributed by atoms with Gasteiger partial charge in [0, 0.05) is 6.20 Å². The average molecular weight is 720 g/mol. The highest BCUT2D eigenvalue weighted by Crippen LogP contribution is 2.37. The van der Waals surface area contributed by atoms with E-state index in [9.17, 15) is 22.8 Å². The molecule has 12 heteroatoms. The molecule has 52 heavy (non-hydrogen) atoms. The first-order chi connectivity index (χ1) is 24.8. The van der Waals surface area contributed by atoms with Crippen LogP contribution < -0.4 is 21.6 Å². The molecule has 264 valence electrons. The van der Waals surface area contributed by atoms with Crippen LogP contribution >= 0.6 is 0 Å². The van der Waals surface area contributed by atoms with Crippen molar-refractivity contribution in [1.29, 1.82) is 0 Å². The van der Waals surface area contributed by atoms with Crippen molar-refractivity contribution >= 4 is 24.4 Å². The maximum Gasteiger partial charge on any atom is 0.416 e. The molecule has 2 aromatic heterocycles. The summed E-state index contributed by atoms with van der Waals surface area (Å²) < 4.78 is 52.3. The molecule has 0 saturated heterocycles. The van der Waals surface area contributed by atoms with Gasteiger partial charge in [-0.25, -0.2) is 14.3 Å². The standard InChI is InChI=1S/C40H36F3N5O3Si/c1-28(27-51-52(39(2,3)4,33-15-8-6-9-16-33)34-17-10-7-11-18-34)47-37(49)35(36-23-24-45-48(36)31-21-19-30(44-5)20-22-31)26-46(38(47)50)32-14-12-13-29(25-32)40(41,42)43/h6-26,28H,27H2,1-4H3/t28-/m1/s1. The lowest BCUT2D eigenvalue weighted by Gasteiger charge is -2.43. The first-order valence-electron chi connectivity index (χ1n) is 16.6. The first-order valence-corrected chi connectivity index (χ1v) is 18.5. The van der Waals surface area contributed by atoms with E-state index >= 15 is 0 Å². The number of hydrogen-bond donors (Lipinski definition) is 0. The van der Waals surface area contributed by atoms with Gasteiger partial charge in [0.15, 0.2) is 5.69 Å². The number of aromatic nitrogens is 4. The third kappa shape index (κ3) is 6.68. The lowest BCUT2D eigenvalue weighted by atomic mass is 10.1. The van der Waals surface area contributed by atoms with Crippen molar-refractivity contribution in [2.24, 2.45) is 0 Å². The summed E-state index contributed by atoms with van der Waals surface area (Å²) in [6, 6.07) is 31.6. The zero-order chi connectivity index (χ0) is 37.3. The fourth-order valence-electron chi connectivity index (χ4n) is 6.62. The van der Waals surface area contributed by atoms with Gasteiger partial charge in [-0.3, -0.25) is 13.9 Å². The quantitative estimate of drug-likeness (QED) is 0.114. The van der Waals surface area contributed by atoms with Gasteiger partial charge < -0.3 is 4.43 Å². The van der Waals surface area contributed by atoms with Crippen LogP contribution in [-0.2, 0) is 10.6 Å². The van der Waals surface area contributed by atoms with Gasteiger partial charge in [0.2, 0.25) is 0 Å². The summed E-state index contributed by atoms with van der Waals surface area (Å²) in [4.78, 5) is 32.3. The van der Waals surface area contributed by atoms with Gasteiger partial charge >= 0.3 is 11.9 Å². The van der Waals surface area contributed by atoms with Crippen LogP contribution in [0, 0.1) is 6.57 Å². The summed E-state index contributed by atoms with van der Waals surface area (Å²) in [7, 11) is -3.10. The highest BCUT2D eigenvalue weighted by atomic mass is 28.4. The molecule has 0 radical (unpaired) electrons. The van der Waals surface area contributed by atoms with Gasteiger partial charge in [-0.05, 0) is 58.7 Å². The number of halogens is 3. The maximum absolute atomic E-state index is 14.5. The van der Waals surface area contributed by atoms with E-state index in [1.54, 1.807) is 37.3 Å². The van der Waals surface area contributed by atoms with E-state index in [1.165, 1.54) is 29.2 Å². The Balaban J connectivity index is 1.53. The molecule has 0 amide bonds.